The number of fused-ring (bicyclic) bond motifs is 1. The molecule has 0 saturated carbocycles. The summed E-state index contributed by atoms with van der Waals surface area (Å²) in [6, 6.07) is 21.3. The van der Waals surface area contributed by atoms with Gasteiger partial charge in [0.25, 0.3) is 5.91 Å². The summed E-state index contributed by atoms with van der Waals surface area (Å²) in [5.74, 6) is -0.415. The number of benzene rings is 3. The average Bonchev–Trinajstić information content (AvgIpc) is 3.13. The van der Waals surface area contributed by atoms with Crippen LogP contribution in [0.25, 0.3) is 10.8 Å². The molecule has 2 saturated heterocycles. The Balaban J connectivity index is 1.30. The van der Waals surface area contributed by atoms with Crippen molar-refractivity contribution in [2.75, 3.05) is 31.1 Å². The van der Waals surface area contributed by atoms with Crippen LogP contribution in [0.3, 0.4) is 0 Å². The van der Waals surface area contributed by atoms with Gasteiger partial charge in [-0.3, -0.25) is 9.59 Å². The van der Waals surface area contributed by atoms with Gasteiger partial charge in [-0.25, -0.2) is 13.3 Å². The van der Waals surface area contributed by atoms with E-state index in [1.54, 1.807) is 36.4 Å². The molecule has 0 bridgehead atoms. The first-order valence-electron chi connectivity index (χ1n) is 10.7. The van der Waals surface area contributed by atoms with Crippen LogP contribution in [0.15, 0.2) is 77.7 Å². The molecule has 7 nitrogen and oxygen atoms in total. The molecule has 164 valence electrons. The molecule has 3 aromatic rings. The lowest BCUT2D eigenvalue weighted by Gasteiger charge is -2.33. The second kappa shape index (κ2) is 8.12. The van der Waals surface area contributed by atoms with Crippen molar-refractivity contribution in [2.45, 2.75) is 17.4 Å². The van der Waals surface area contributed by atoms with Gasteiger partial charge in [0.15, 0.2) is 6.04 Å². The topological polar surface area (TPSA) is 79.2 Å². The number of sulfonamides is 1. The predicted octanol–water partition coefficient (Wildman–Crippen LogP) is 1.06. The summed E-state index contributed by atoms with van der Waals surface area (Å²) in [6.45, 7) is 1.61. The van der Waals surface area contributed by atoms with Crippen LogP contribution in [0.2, 0.25) is 0 Å². The van der Waals surface area contributed by atoms with Gasteiger partial charge in [-0.05, 0) is 35.0 Å². The zero-order valence-electron chi connectivity index (χ0n) is 17.5. The number of quaternary nitrogens is 1. The highest BCUT2D eigenvalue weighted by Crippen LogP contribution is 2.26. The summed E-state index contributed by atoms with van der Waals surface area (Å²) in [5.41, 5.74) is 0.589. The van der Waals surface area contributed by atoms with Crippen LogP contribution in [0.5, 0.6) is 0 Å². The van der Waals surface area contributed by atoms with Gasteiger partial charge in [-0.15, -0.1) is 0 Å². The first-order valence-corrected chi connectivity index (χ1v) is 12.1. The van der Waals surface area contributed by atoms with Crippen LogP contribution in [0.1, 0.15) is 6.42 Å². The van der Waals surface area contributed by atoms with Crippen LogP contribution in [0.4, 0.5) is 5.69 Å². The average molecular weight is 451 g/mol. The van der Waals surface area contributed by atoms with E-state index < -0.39 is 16.1 Å². The fourth-order valence-electron chi connectivity index (χ4n) is 4.64. The van der Waals surface area contributed by atoms with Crippen LogP contribution in [-0.2, 0) is 19.6 Å². The Bertz CT molecular complexity index is 1280. The van der Waals surface area contributed by atoms with E-state index in [0.717, 1.165) is 15.7 Å². The fraction of sp³-hybridized carbons (Fsp3) is 0.250. The van der Waals surface area contributed by atoms with Crippen molar-refractivity contribution < 1.29 is 22.9 Å². The van der Waals surface area contributed by atoms with Crippen molar-refractivity contribution in [1.82, 2.24) is 4.31 Å². The summed E-state index contributed by atoms with van der Waals surface area (Å²) in [4.78, 5) is 28.5. The third kappa shape index (κ3) is 3.60. The molecule has 32 heavy (non-hydrogen) atoms. The molecule has 0 unspecified atom stereocenters. The Labute approximate surface area is 186 Å². The van der Waals surface area contributed by atoms with E-state index in [1.807, 2.05) is 36.4 Å². The number of carbonyl (C=O) groups excluding carboxylic acids is 2. The molecule has 5 rings (SSSR count). The van der Waals surface area contributed by atoms with E-state index in [4.69, 9.17) is 0 Å². The second-order valence-corrected chi connectivity index (χ2v) is 10.2. The number of hydrogen-bond acceptors (Lipinski definition) is 4. The van der Waals surface area contributed by atoms with E-state index in [1.165, 1.54) is 9.21 Å². The number of rotatable bonds is 4. The normalized spacial score (nSPS) is 20.9. The molecular formula is C24H24N3O4S+. The number of piperazine rings is 1. The molecule has 1 N–H and O–H groups in total. The predicted molar refractivity (Wildman–Crippen MR) is 121 cm³/mol. The highest BCUT2D eigenvalue weighted by atomic mass is 32.2. The maximum atomic E-state index is 13.2. The first kappa shape index (κ1) is 20.8. The summed E-state index contributed by atoms with van der Waals surface area (Å²) in [7, 11) is -3.55. The number of nitrogens with one attached hydrogen (secondary N) is 1. The molecule has 2 fully saturated rings. The smallest absolute Gasteiger partial charge is 0.292 e. The summed E-state index contributed by atoms with van der Waals surface area (Å²) < 4.78 is 27.2. The first-order chi connectivity index (χ1) is 15.4. The van der Waals surface area contributed by atoms with E-state index >= 15 is 0 Å². The zero-order valence-corrected chi connectivity index (χ0v) is 18.3. The number of amides is 2. The summed E-state index contributed by atoms with van der Waals surface area (Å²) in [6.07, 6.45) is 0.145. The minimum absolute atomic E-state index is 0.145. The minimum Gasteiger partial charge on any atom is -0.322 e. The summed E-state index contributed by atoms with van der Waals surface area (Å²) >= 11 is 0. The van der Waals surface area contributed by atoms with Crippen molar-refractivity contribution in [3.63, 3.8) is 0 Å². The monoisotopic (exact) mass is 450 g/mol. The van der Waals surface area contributed by atoms with Gasteiger partial charge in [0.2, 0.25) is 15.9 Å². The Morgan fingerprint density at radius 2 is 1.47 bits per heavy atom. The van der Waals surface area contributed by atoms with Gasteiger partial charge >= 0.3 is 0 Å². The molecule has 2 aliphatic rings. The zero-order chi connectivity index (χ0) is 22.3. The lowest BCUT2D eigenvalue weighted by molar-refractivity contribution is -0.918. The molecule has 0 aliphatic carbocycles. The Kier molecular flexibility index (Phi) is 5.28. The van der Waals surface area contributed by atoms with Crippen molar-refractivity contribution in [3.8, 4) is 0 Å². The second-order valence-electron chi connectivity index (χ2n) is 8.23. The quantitative estimate of drug-likeness (QED) is 0.603. The van der Waals surface area contributed by atoms with Crippen molar-refractivity contribution >= 4 is 38.3 Å². The van der Waals surface area contributed by atoms with Crippen molar-refractivity contribution in [2.24, 2.45) is 0 Å². The molecule has 2 heterocycles. The number of imide groups is 1. The van der Waals surface area contributed by atoms with Crippen molar-refractivity contribution in [3.05, 3.63) is 72.8 Å². The van der Waals surface area contributed by atoms with Crippen LogP contribution < -0.4 is 9.80 Å². The molecule has 0 radical (unpaired) electrons. The van der Waals surface area contributed by atoms with Gasteiger partial charge in [-0.1, -0.05) is 48.5 Å². The molecule has 8 heteroatoms. The molecule has 3 aromatic carbocycles. The van der Waals surface area contributed by atoms with Crippen LogP contribution >= 0.6 is 0 Å². The van der Waals surface area contributed by atoms with Crippen LogP contribution in [-0.4, -0.2) is 56.8 Å². The third-order valence-electron chi connectivity index (χ3n) is 6.38. The van der Waals surface area contributed by atoms with Gasteiger partial charge < -0.3 is 4.90 Å². The van der Waals surface area contributed by atoms with Gasteiger partial charge in [0.05, 0.1) is 43.2 Å². The lowest BCUT2D eigenvalue weighted by Crippen LogP contribution is -3.19. The number of nitrogens with zero attached hydrogens (tertiary/aromatic N) is 2. The van der Waals surface area contributed by atoms with Gasteiger partial charge in [-0.2, -0.15) is 4.31 Å². The fourth-order valence-corrected chi connectivity index (χ4v) is 6.10. The Morgan fingerprint density at radius 1 is 0.812 bits per heavy atom. The lowest BCUT2D eigenvalue weighted by atomic mass is 10.1. The SMILES string of the molecule is O=C1C[C@H]([NH+]2CCN(S(=O)(=O)c3ccccc3)CC2)C(=O)N1c1ccc2ccccc2c1. The molecule has 1 atom stereocenters. The highest BCUT2D eigenvalue weighted by molar-refractivity contribution is 7.89. The maximum Gasteiger partial charge on any atom is 0.292 e. The number of anilines is 1. The Morgan fingerprint density at radius 3 is 2.19 bits per heavy atom. The van der Waals surface area contributed by atoms with Crippen molar-refractivity contribution in [1.29, 1.82) is 0 Å². The molecular weight excluding hydrogens is 426 g/mol. The van der Waals surface area contributed by atoms with Gasteiger partial charge in [0.1, 0.15) is 0 Å². The summed E-state index contributed by atoms with van der Waals surface area (Å²) in [5, 5.41) is 2.02. The Hall–Kier alpha value is -3.07. The van der Waals surface area contributed by atoms with Crippen LogP contribution in [0, 0.1) is 0 Å². The minimum atomic E-state index is -3.55. The maximum absolute atomic E-state index is 13.2. The molecule has 0 aromatic heterocycles. The standard InChI is InChI=1S/C24H23N3O4S/c28-23-17-22(24(29)27(23)20-11-10-18-6-4-5-7-19(18)16-20)25-12-14-26(15-13-25)32(30,31)21-8-2-1-3-9-21/h1-11,16,22H,12-15,17H2/p+1/t22-/m0/s1. The van der Waals surface area contributed by atoms with Gasteiger partial charge in [0, 0.05) is 0 Å². The molecule has 2 amide bonds. The largest absolute Gasteiger partial charge is 0.322 e. The molecule has 2 aliphatic heterocycles. The molecule has 0 spiro atoms. The highest BCUT2D eigenvalue weighted by Gasteiger charge is 2.47. The van der Waals surface area contributed by atoms with E-state index in [9.17, 15) is 18.0 Å². The van der Waals surface area contributed by atoms with E-state index in [2.05, 4.69) is 0 Å². The number of hydrogen-bond donors (Lipinski definition) is 1. The van der Waals surface area contributed by atoms with E-state index in [-0.39, 0.29) is 23.1 Å². The number of carbonyl (C=O) groups is 2. The third-order valence-corrected chi connectivity index (χ3v) is 8.29. The van der Waals surface area contributed by atoms with E-state index in [0.29, 0.717) is 31.9 Å².